The number of amides is 1. The van der Waals surface area contributed by atoms with Gasteiger partial charge in [-0.1, -0.05) is 0 Å². The highest BCUT2D eigenvalue weighted by Crippen LogP contribution is 2.22. The van der Waals surface area contributed by atoms with Crippen LogP contribution in [0.5, 0.6) is 5.75 Å². The zero-order chi connectivity index (χ0) is 12.1. The van der Waals surface area contributed by atoms with Gasteiger partial charge >= 0.3 is 0 Å². The Kier molecular flexibility index (Phi) is 4.28. The topological polar surface area (TPSA) is 38.8 Å². The smallest absolute Gasteiger partial charge is 0.256 e. The minimum absolute atomic E-state index is 0.0309. The fourth-order valence-corrected chi connectivity index (χ4v) is 2.30. The number of carbonyl (C=O) groups is 1. The molecule has 0 atom stereocenters. The third-order valence-electron chi connectivity index (χ3n) is 2.45. The van der Waals surface area contributed by atoms with Gasteiger partial charge in [0.15, 0.2) is 0 Å². The van der Waals surface area contributed by atoms with Crippen molar-refractivity contribution in [1.29, 1.82) is 0 Å². The number of ether oxygens (including phenoxy) is 1. The van der Waals surface area contributed by atoms with Crippen molar-refractivity contribution in [2.75, 3.05) is 26.0 Å². The van der Waals surface area contributed by atoms with E-state index in [0.29, 0.717) is 18.9 Å². The highest BCUT2D eigenvalue weighted by Gasteiger charge is 2.18. The monoisotopic (exact) mass is 253 g/mol. The van der Waals surface area contributed by atoms with Crippen LogP contribution in [0.3, 0.4) is 0 Å². The molecule has 0 N–H and O–H groups in total. The lowest BCUT2D eigenvalue weighted by Gasteiger charge is -2.13. The van der Waals surface area contributed by atoms with Gasteiger partial charge in [-0.2, -0.15) is 0 Å². The first kappa shape index (κ1) is 12.3. The molecule has 1 aliphatic rings. The van der Waals surface area contributed by atoms with Crippen molar-refractivity contribution in [3.8, 4) is 5.75 Å². The van der Waals surface area contributed by atoms with E-state index in [2.05, 4.69) is 0 Å². The van der Waals surface area contributed by atoms with Crippen LogP contribution in [0.2, 0.25) is 0 Å². The number of thioether (sulfide) groups is 1. The molecule has 0 radical (unpaired) electrons. The van der Waals surface area contributed by atoms with Gasteiger partial charge in [-0.3, -0.25) is 9.63 Å². The Balaban J connectivity index is 1.82. The van der Waals surface area contributed by atoms with E-state index in [1.165, 1.54) is 16.8 Å². The van der Waals surface area contributed by atoms with Gasteiger partial charge in [0.05, 0.1) is 26.0 Å². The fraction of sp³-hybridized carbons (Fsp3) is 0.417. The number of hydrogen-bond acceptors (Lipinski definition) is 4. The van der Waals surface area contributed by atoms with Crippen LogP contribution in [0, 0.1) is 0 Å². The second kappa shape index (κ2) is 5.93. The maximum absolute atomic E-state index is 11.7. The van der Waals surface area contributed by atoms with E-state index >= 15 is 0 Å². The van der Waals surface area contributed by atoms with E-state index in [0.717, 1.165) is 17.1 Å². The average Bonchev–Trinajstić information content (AvgIpc) is 2.90. The molecule has 17 heavy (non-hydrogen) atoms. The molecule has 0 saturated carbocycles. The van der Waals surface area contributed by atoms with Crippen LogP contribution in [-0.2, 0) is 9.63 Å². The Morgan fingerprint density at radius 2 is 2.24 bits per heavy atom. The average molecular weight is 253 g/mol. The molecule has 1 aliphatic heterocycles. The van der Waals surface area contributed by atoms with Crippen LogP contribution in [-0.4, -0.2) is 37.0 Å². The lowest BCUT2D eigenvalue weighted by Crippen LogP contribution is -2.28. The Morgan fingerprint density at radius 3 is 2.82 bits per heavy atom. The molecule has 1 fully saturated rings. The first-order valence-electron chi connectivity index (χ1n) is 5.50. The maximum atomic E-state index is 11.7. The van der Waals surface area contributed by atoms with Gasteiger partial charge in [-0.25, -0.2) is 5.06 Å². The lowest BCUT2D eigenvalue weighted by atomic mass is 10.3. The summed E-state index contributed by atoms with van der Waals surface area (Å²) in [6.07, 6.45) is 0.930. The number of methoxy groups -OCH3 is 1. The normalized spacial score (nSPS) is 15.0. The molecule has 92 valence electrons. The van der Waals surface area contributed by atoms with Gasteiger partial charge in [0.25, 0.3) is 5.91 Å². The van der Waals surface area contributed by atoms with Gasteiger partial charge in [-0.05, 0) is 30.7 Å². The predicted molar refractivity (Wildman–Crippen MR) is 66.0 cm³/mol. The quantitative estimate of drug-likeness (QED) is 0.769. The maximum Gasteiger partial charge on any atom is 0.256 e. The fourth-order valence-electron chi connectivity index (χ4n) is 1.53. The third kappa shape index (κ3) is 3.38. The van der Waals surface area contributed by atoms with Crippen LogP contribution in [0.15, 0.2) is 29.2 Å². The number of hydroxylamine groups is 2. The summed E-state index contributed by atoms with van der Waals surface area (Å²) in [6.45, 7) is 1.36. The van der Waals surface area contributed by atoms with Crippen LogP contribution >= 0.6 is 11.8 Å². The van der Waals surface area contributed by atoms with Gasteiger partial charge in [0, 0.05) is 4.90 Å². The first-order chi connectivity index (χ1) is 8.29. The minimum atomic E-state index is 0.0309. The molecule has 4 nitrogen and oxygen atoms in total. The summed E-state index contributed by atoms with van der Waals surface area (Å²) in [7, 11) is 1.64. The highest BCUT2D eigenvalue weighted by atomic mass is 32.2. The Morgan fingerprint density at radius 1 is 1.47 bits per heavy atom. The molecule has 2 rings (SSSR count). The summed E-state index contributed by atoms with van der Waals surface area (Å²) >= 11 is 1.51. The van der Waals surface area contributed by atoms with Crippen molar-refractivity contribution in [1.82, 2.24) is 5.06 Å². The minimum Gasteiger partial charge on any atom is -0.497 e. The van der Waals surface area contributed by atoms with E-state index in [4.69, 9.17) is 9.57 Å². The summed E-state index contributed by atoms with van der Waals surface area (Å²) in [6, 6.07) is 7.67. The van der Waals surface area contributed by atoms with Gasteiger partial charge in [0.1, 0.15) is 5.75 Å². The number of rotatable bonds is 4. The predicted octanol–water partition coefficient (Wildman–Crippen LogP) is 1.95. The number of carbonyl (C=O) groups excluding carboxylic acids is 1. The second-order valence-electron chi connectivity index (χ2n) is 3.65. The number of benzene rings is 1. The van der Waals surface area contributed by atoms with E-state index < -0.39 is 0 Å². The van der Waals surface area contributed by atoms with Crippen LogP contribution in [0.4, 0.5) is 0 Å². The SMILES string of the molecule is COc1ccc(SCC(=O)N2CCCO2)cc1. The Bertz CT molecular complexity index is 374. The molecule has 5 heteroatoms. The van der Waals surface area contributed by atoms with Gasteiger partial charge in [-0.15, -0.1) is 11.8 Å². The molecule has 1 amide bonds. The summed E-state index contributed by atoms with van der Waals surface area (Å²) < 4.78 is 5.07. The summed E-state index contributed by atoms with van der Waals surface area (Å²) in [5.41, 5.74) is 0. The molecular weight excluding hydrogens is 238 g/mol. The lowest BCUT2D eigenvalue weighted by molar-refractivity contribution is -0.165. The van der Waals surface area contributed by atoms with Crippen molar-refractivity contribution in [3.63, 3.8) is 0 Å². The molecule has 1 heterocycles. The summed E-state index contributed by atoms with van der Waals surface area (Å²) in [5.74, 6) is 1.26. The second-order valence-corrected chi connectivity index (χ2v) is 4.70. The Hall–Kier alpha value is -1.20. The van der Waals surface area contributed by atoms with Gasteiger partial charge < -0.3 is 4.74 Å². The summed E-state index contributed by atoms with van der Waals surface area (Å²) in [4.78, 5) is 17.9. The van der Waals surface area contributed by atoms with Crippen LogP contribution in [0.1, 0.15) is 6.42 Å². The van der Waals surface area contributed by atoms with Crippen molar-refractivity contribution < 1.29 is 14.4 Å². The zero-order valence-electron chi connectivity index (χ0n) is 9.72. The standard InChI is InChI=1S/C12H15NO3S/c1-15-10-3-5-11(6-4-10)17-9-12(14)13-7-2-8-16-13/h3-6H,2,7-9H2,1H3. The van der Waals surface area contributed by atoms with Gasteiger partial charge in [0.2, 0.25) is 0 Å². The van der Waals surface area contributed by atoms with Crippen molar-refractivity contribution in [2.45, 2.75) is 11.3 Å². The molecule has 0 unspecified atom stereocenters. The molecular formula is C12H15NO3S. The van der Waals surface area contributed by atoms with Crippen molar-refractivity contribution in [3.05, 3.63) is 24.3 Å². The molecule has 1 aromatic rings. The molecule has 0 aliphatic carbocycles. The first-order valence-corrected chi connectivity index (χ1v) is 6.48. The van der Waals surface area contributed by atoms with E-state index in [1.54, 1.807) is 7.11 Å². The highest BCUT2D eigenvalue weighted by molar-refractivity contribution is 8.00. The largest absolute Gasteiger partial charge is 0.497 e. The zero-order valence-corrected chi connectivity index (χ0v) is 10.5. The van der Waals surface area contributed by atoms with E-state index in [1.807, 2.05) is 24.3 Å². The number of nitrogens with zero attached hydrogens (tertiary/aromatic N) is 1. The van der Waals surface area contributed by atoms with Crippen LogP contribution in [0.25, 0.3) is 0 Å². The summed E-state index contributed by atoms with van der Waals surface area (Å²) in [5, 5.41) is 1.45. The molecule has 0 spiro atoms. The molecule has 0 bridgehead atoms. The molecule has 0 aromatic heterocycles. The van der Waals surface area contributed by atoms with E-state index in [9.17, 15) is 4.79 Å². The molecule has 1 saturated heterocycles. The van der Waals surface area contributed by atoms with Crippen LogP contribution < -0.4 is 4.74 Å². The third-order valence-corrected chi connectivity index (χ3v) is 3.45. The van der Waals surface area contributed by atoms with Crippen molar-refractivity contribution >= 4 is 17.7 Å². The van der Waals surface area contributed by atoms with E-state index in [-0.39, 0.29) is 5.91 Å². The Labute approximate surface area is 105 Å². The van der Waals surface area contributed by atoms with Crippen molar-refractivity contribution in [2.24, 2.45) is 0 Å². The molecule has 1 aromatic carbocycles. The number of hydrogen-bond donors (Lipinski definition) is 0.